The van der Waals surface area contributed by atoms with Gasteiger partial charge in [0.1, 0.15) is 18.3 Å². The second kappa shape index (κ2) is 8.59. The molecule has 0 fully saturated rings. The van der Waals surface area contributed by atoms with Crippen LogP contribution < -0.4 is 5.73 Å². The number of aliphatic carboxylic acids is 3. The molecule has 0 aliphatic heterocycles. The van der Waals surface area contributed by atoms with Gasteiger partial charge in [-0.3, -0.25) is 14.4 Å². The molecular formula is C12H14FNO6. The molecule has 8 heteroatoms. The molecule has 5 N–H and O–H groups in total. The first kappa shape index (κ1) is 17.5. The van der Waals surface area contributed by atoms with Crippen LogP contribution in [0.2, 0.25) is 0 Å². The smallest absolute Gasteiger partial charge is 0.320 e. The molecule has 0 aliphatic carbocycles. The molecule has 0 spiro atoms. The van der Waals surface area contributed by atoms with Crippen LogP contribution in [0.4, 0.5) is 4.39 Å². The summed E-state index contributed by atoms with van der Waals surface area (Å²) in [6, 6.07) is 4.69. The lowest BCUT2D eigenvalue weighted by molar-refractivity contribution is -0.147. The van der Waals surface area contributed by atoms with E-state index in [4.69, 9.17) is 21.1 Å². The Morgan fingerprint density at radius 3 is 1.80 bits per heavy atom. The average Bonchev–Trinajstić information content (AvgIpc) is 2.31. The van der Waals surface area contributed by atoms with Crippen LogP contribution in [0.25, 0.3) is 0 Å². The molecule has 0 amide bonds. The summed E-state index contributed by atoms with van der Waals surface area (Å²) < 4.78 is 12.4. The second-order valence-electron chi connectivity index (χ2n) is 3.74. The first-order valence-corrected chi connectivity index (χ1v) is 5.38. The Balaban J connectivity index is 0.000000441. The molecule has 0 radical (unpaired) electrons. The van der Waals surface area contributed by atoms with Crippen LogP contribution in [-0.2, 0) is 20.8 Å². The Kier molecular flexibility index (Phi) is 7.53. The van der Waals surface area contributed by atoms with Gasteiger partial charge in [0.2, 0.25) is 0 Å². The summed E-state index contributed by atoms with van der Waals surface area (Å²) in [6.07, 6.45) is -0.588. The van der Waals surface area contributed by atoms with Crippen molar-refractivity contribution in [2.45, 2.75) is 18.9 Å². The molecule has 110 valence electrons. The number of carboxylic acid groups (broad SMARTS) is 3. The summed E-state index contributed by atoms with van der Waals surface area (Å²) in [4.78, 5) is 29.2. The highest BCUT2D eigenvalue weighted by Gasteiger charge is 2.11. The van der Waals surface area contributed by atoms with Crippen molar-refractivity contribution in [1.82, 2.24) is 0 Å². The number of halogens is 1. The minimum absolute atomic E-state index is 0.218. The van der Waals surface area contributed by atoms with Gasteiger partial charge >= 0.3 is 17.9 Å². The largest absolute Gasteiger partial charge is 0.481 e. The Morgan fingerprint density at radius 2 is 1.50 bits per heavy atom. The number of carbonyl (C=O) groups is 3. The van der Waals surface area contributed by atoms with E-state index in [0.717, 1.165) is 5.56 Å². The maximum Gasteiger partial charge on any atom is 0.320 e. The first-order chi connectivity index (χ1) is 9.22. The van der Waals surface area contributed by atoms with Gasteiger partial charge in [-0.05, 0) is 24.1 Å². The van der Waals surface area contributed by atoms with Crippen LogP contribution in [0.5, 0.6) is 0 Å². The predicted octanol–water partition coefficient (Wildman–Crippen LogP) is 0.326. The van der Waals surface area contributed by atoms with Crippen molar-refractivity contribution in [3.05, 3.63) is 35.6 Å². The monoisotopic (exact) mass is 287 g/mol. The van der Waals surface area contributed by atoms with Crippen LogP contribution in [0.15, 0.2) is 24.3 Å². The fraction of sp³-hybridized carbons (Fsp3) is 0.250. The van der Waals surface area contributed by atoms with E-state index in [-0.39, 0.29) is 12.2 Å². The summed E-state index contributed by atoms with van der Waals surface area (Å²) in [5, 5.41) is 23.9. The standard InChI is InChI=1S/C9H10FNO2.C3H4O4/c10-7-3-1-6(2-4-7)5-8(11)9(12)13;4-2(5)1-3(6)7/h1-4,8H,5,11H2,(H,12,13);1H2,(H,4,5)(H,6,7). The fourth-order valence-electron chi connectivity index (χ4n) is 1.09. The molecule has 1 unspecified atom stereocenters. The van der Waals surface area contributed by atoms with Crippen molar-refractivity contribution in [1.29, 1.82) is 0 Å². The minimum Gasteiger partial charge on any atom is -0.481 e. The number of nitrogens with two attached hydrogens (primary N) is 1. The number of rotatable bonds is 5. The van der Waals surface area contributed by atoms with Crippen molar-refractivity contribution in [3.8, 4) is 0 Å². The zero-order valence-electron chi connectivity index (χ0n) is 10.3. The second-order valence-corrected chi connectivity index (χ2v) is 3.74. The normalized spacial score (nSPS) is 10.9. The molecule has 7 nitrogen and oxygen atoms in total. The van der Waals surface area contributed by atoms with Crippen LogP contribution in [0.1, 0.15) is 12.0 Å². The van der Waals surface area contributed by atoms with Gasteiger partial charge in [-0.25, -0.2) is 4.39 Å². The van der Waals surface area contributed by atoms with Gasteiger partial charge in [-0.15, -0.1) is 0 Å². The number of benzene rings is 1. The molecule has 0 heterocycles. The highest BCUT2D eigenvalue weighted by Crippen LogP contribution is 2.04. The highest BCUT2D eigenvalue weighted by atomic mass is 19.1. The van der Waals surface area contributed by atoms with Gasteiger partial charge in [-0.1, -0.05) is 12.1 Å². The van der Waals surface area contributed by atoms with Crippen LogP contribution >= 0.6 is 0 Å². The summed E-state index contributed by atoms with van der Waals surface area (Å²) in [7, 11) is 0. The molecule has 0 aromatic heterocycles. The number of hydrogen-bond acceptors (Lipinski definition) is 4. The molecule has 1 aromatic rings. The third kappa shape index (κ3) is 8.59. The molecule has 1 aromatic carbocycles. The third-order valence-corrected chi connectivity index (χ3v) is 1.99. The van der Waals surface area contributed by atoms with Gasteiger partial charge in [0.05, 0.1) is 0 Å². The van der Waals surface area contributed by atoms with Crippen molar-refractivity contribution < 1.29 is 34.1 Å². The quantitative estimate of drug-likeness (QED) is 0.572. The molecule has 0 aliphatic rings. The maximum absolute atomic E-state index is 12.4. The van der Waals surface area contributed by atoms with Crippen LogP contribution in [0.3, 0.4) is 0 Å². The van der Waals surface area contributed by atoms with E-state index in [1.54, 1.807) is 0 Å². The summed E-state index contributed by atoms with van der Waals surface area (Å²) in [6.45, 7) is 0. The summed E-state index contributed by atoms with van der Waals surface area (Å²) >= 11 is 0. The van der Waals surface area contributed by atoms with E-state index in [0.29, 0.717) is 0 Å². The van der Waals surface area contributed by atoms with E-state index in [9.17, 15) is 18.8 Å². The molecule has 1 atom stereocenters. The molecule has 1 rings (SSSR count). The Labute approximate surface area is 113 Å². The number of hydrogen-bond donors (Lipinski definition) is 4. The molecule has 20 heavy (non-hydrogen) atoms. The maximum atomic E-state index is 12.4. The topological polar surface area (TPSA) is 138 Å². The van der Waals surface area contributed by atoms with E-state index in [1.807, 2.05) is 0 Å². The minimum atomic E-state index is -1.31. The lowest BCUT2D eigenvalue weighted by atomic mass is 10.1. The van der Waals surface area contributed by atoms with E-state index in [1.165, 1.54) is 24.3 Å². The fourth-order valence-corrected chi connectivity index (χ4v) is 1.09. The average molecular weight is 287 g/mol. The molecule has 0 bridgehead atoms. The van der Waals surface area contributed by atoms with E-state index >= 15 is 0 Å². The van der Waals surface area contributed by atoms with Crippen molar-refractivity contribution in [2.24, 2.45) is 5.73 Å². The van der Waals surface area contributed by atoms with Gasteiger partial charge in [0, 0.05) is 0 Å². The Morgan fingerprint density at radius 1 is 1.05 bits per heavy atom. The van der Waals surface area contributed by atoms with Gasteiger partial charge in [0.25, 0.3) is 0 Å². The summed E-state index contributed by atoms with van der Waals surface area (Å²) in [5.74, 6) is -4.02. The zero-order chi connectivity index (χ0) is 15.7. The Hall–Kier alpha value is -2.48. The lowest BCUT2D eigenvalue weighted by Crippen LogP contribution is -2.32. The van der Waals surface area contributed by atoms with E-state index in [2.05, 4.69) is 0 Å². The number of carboxylic acids is 3. The highest BCUT2D eigenvalue weighted by molar-refractivity contribution is 5.88. The lowest BCUT2D eigenvalue weighted by Gasteiger charge is -2.05. The molecule has 0 saturated heterocycles. The van der Waals surface area contributed by atoms with Crippen molar-refractivity contribution >= 4 is 17.9 Å². The third-order valence-electron chi connectivity index (χ3n) is 1.99. The van der Waals surface area contributed by atoms with Crippen LogP contribution in [-0.4, -0.2) is 39.3 Å². The Bertz CT molecular complexity index is 461. The molecular weight excluding hydrogens is 273 g/mol. The summed E-state index contributed by atoms with van der Waals surface area (Å²) in [5.41, 5.74) is 6.01. The van der Waals surface area contributed by atoms with Crippen molar-refractivity contribution in [3.63, 3.8) is 0 Å². The van der Waals surface area contributed by atoms with Crippen molar-refractivity contribution in [2.75, 3.05) is 0 Å². The van der Waals surface area contributed by atoms with Gasteiger partial charge < -0.3 is 21.1 Å². The zero-order valence-corrected chi connectivity index (χ0v) is 10.3. The van der Waals surface area contributed by atoms with Gasteiger partial charge in [-0.2, -0.15) is 0 Å². The first-order valence-electron chi connectivity index (χ1n) is 5.38. The van der Waals surface area contributed by atoms with Gasteiger partial charge in [0.15, 0.2) is 0 Å². The van der Waals surface area contributed by atoms with E-state index < -0.39 is 30.4 Å². The molecule has 0 saturated carbocycles. The van der Waals surface area contributed by atoms with Crippen LogP contribution in [0, 0.1) is 5.82 Å². The predicted molar refractivity (Wildman–Crippen MR) is 65.6 cm³/mol. The SMILES string of the molecule is NC(Cc1ccc(F)cc1)C(=O)O.O=C(O)CC(=O)O.